The summed E-state index contributed by atoms with van der Waals surface area (Å²) in [5, 5.41) is 20.9. The predicted molar refractivity (Wildman–Crippen MR) is 87.4 cm³/mol. The molecule has 0 bridgehead atoms. The minimum absolute atomic E-state index is 0.0483. The minimum Gasteiger partial charge on any atom is -0.392 e. The maximum absolute atomic E-state index is 12.2. The number of nitro benzene ring substituents is 1. The van der Waals surface area contributed by atoms with Crippen LogP contribution < -0.4 is 4.90 Å². The van der Waals surface area contributed by atoms with E-state index in [1.165, 1.54) is 6.07 Å². The number of piperazine rings is 1. The summed E-state index contributed by atoms with van der Waals surface area (Å²) >= 11 is 0. The predicted octanol–water partition coefficient (Wildman–Crippen LogP) is 1.65. The highest BCUT2D eigenvalue weighted by molar-refractivity contribution is 5.77. The fourth-order valence-corrected chi connectivity index (χ4v) is 2.63. The fourth-order valence-electron chi connectivity index (χ4n) is 2.63. The lowest BCUT2D eigenvalue weighted by molar-refractivity contribution is -0.384. The number of aliphatic hydroxyl groups is 1. The Morgan fingerprint density at radius 3 is 2.43 bits per heavy atom. The van der Waals surface area contributed by atoms with E-state index in [0.29, 0.717) is 31.9 Å². The van der Waals surface area contributed by atoms with E-state index < -0.39 is 6.10 Å². The Hall–Kier alpha value is -2.15. The number of hydrogen-bond donors (Lipinski definition) is 1. The molecular weight excluding hydrogens is 298 g/mol. The molecule has 0 aromatic heterocycles. The largest absolute Gasteiger partial charge is 0.392 e. The second kappa shape index (κ2) is 7.41. The Morgan fingerprint density at radius 1 is 1.26 bits per heavy atom. The Kier molecular flexibility index (Phi) is 5.54. The Bertz CT molecular complexity index is 568. The van der Waals surface area contributed by atoms with Gasteiger partial charge in [0.1, 0.15) is 5.69 Å². The molecule has 0 radical (unpaired) electrons. The minimum atomic E-state index is -0.629. The van der Waals surface area contributed by atoms with Crippen LogP contribution in [0.2, 0.25) is 0 Å². The molecule has 23 heavy (non-hydrogen) atoms. The van der Waals surface area contributed by atoms with Crippen LogP contribution in [-0.2, 0) is 4.79 Å². The van der Waals surface area contributed by atoms with E-state index >= 15 is 0 Å². The molecule has 2 rings (SSSR count). The summed E-state index contributed by atoms with van der Waals surface area (Å²) in [7, 11) is 0. The summed E-state index contributed by atoms with van der Waals surface area (Å²) in [5.41, 5.74) is 0.675. The Balaban J connectivity index is 1.97. The number of hydrogen-bond acceptors (Lipinski definition) is 5. The van der Waals surface area contributed by atoms with Crippen LogP contribution in [0.3, 0.4) is 0 Å². The molecule has 1 saturated heterocycles. The molecule has 1 unspecified atom stereocenters. The zero-order valence-corrected chi connectivity index (χ0v) is 13.5. The average Bonchev–Trinajstić information content (AvgIpc) is 2.54. The number of carbonyl (C=O) groups is 1. The van der Waals surface area contributed by atoms with Crippen molar-refractivity contribution >= 4 is 17.3 Å². The van der Waals surface area contributed by atoms with E-state index in [9.17, 15) is 20.0 Å². The second-order valence-corrected chi connectivity index (χ2v) is 6.13. The highest BCUT2D eigenvalue weighted by Crippen LogP contribution is 2.28. The van der Waals surface area contributed by atoms with Crippen molar-refractivity contribution in [2.45, 2.75) is 26.4 Å². The van der Waals surface area contributed by atoms with Crippen LogP contribution >= 0.6 is 0 Å². The van der Waals surface area contributed by atoms with Gasteiger partial charge in [-0.25, -0.2) is 0 Å². The van der Waals surface area contributed by atoms with Gasteiger partial charge < -0.3 is 14.9 Å². The summed E-state index contributed by atoms with van der Waals surface area (Å²) in [6, 6.07) is 6.65. The van der Waals surface area contributed by atoms with Crippen molar-refractivity contribution in [3.63, 3.8) is 0 Å². The summed E-state index contributed by atoms with van der Waals surface area (Å²) in [6.07, 6.45) is -0.501. The van der Waals surface area contributed by atoms with E-state index in [1.807, 2.05) is 18.7 Å². The van der Waals surface area contributed by atoms with Crippen LogP contribution in [0.25, 0.3) is 0 Å². The molecule has 1 N–H and O–H groups in total. The lowest BCUT2D eigenvalue weighted by Gasteiger charge is -2.36. The zero-order valence-electron chi connectivity index (χ0n) is 13.5. The first kappa shape index (κ1) is 17.2. The van der Waals surface area contributed by atoms with Crippen LogP contribution in [0.15, 0.2) is 24.3 Å². The molecule has 1 aliphatic rings. The van der Waals surface area contributed by atoms with Crippen molar-refractivity contribution in [1.29, 1.82) is 0 Å². The van der Waals surface area contributed by atoms with Gasteiger partial charge in [-0.2, -0.15) is 0 Å². The standard InChI is InChI=1S/C16H23N3O4/c1-12(2)15(20)11-16(21)18-9-7-17(8-10-18)13-5-3-4-6-14(13)19(22)23/h3-6,12,15,20H,7-11H2,1-2H3. The lowest BCUT2D eigenvalue weighted by Crippen LogP contribution is -2.49. The Labute approximate surface area is 135 Å². The average molecular weight is 321 g/mol. The van der Waals surface area contributed by atoms with Gasteiger partial charge in [0.25, 0.3) is 5.69 Å². The van der Waals surface area contributed by atoms with Crippen LogP contribution in [0.4, 0.5) is 11.4 Å². The summed E-state index contributed by atoms with van der Waals surface area (Å²) < 4.78 is 0. The van der Waals surface area contributed by atoms with E-state index in [0.717, 1.165) is 0 Å². The van der Waals surface area contributed by atoms with Crippen LogP contribution in [0.5, 0.6) is 0 Å². The maximum atomic E-state index is 12.2. The molecule has 7 nitrogen and oxygen atoms in total. The third kappa shape index (κ3) is 4.19. The van der Waals surface area contributed by atoms with Crippen molar-refractivity contribution in [3.05, 3.63) is 34.4 Å². The van der Waals surface area contributed by atoms with Gasteiger partial charge in [0.05, 0.1) is 17.4 Å². The highest BCUT2D eigenvalue weighted by atomic mass is 16.6. The fraction of sp³-hybridized carbons (Fsp3) is 0.562. The molecular formula is C16H23N3O4. The number of para-hydroxylation sites is 2. The summed E-state index contributed by atoms with van der Waals surface area (Å²) in [5.74, 6) is -0.0133. The van der Waals surface area contributed by atoms with Gasteiger partial charge in [-0.05, 0) is 12.0 Å². The van der Waals surface area contributed by atoms with Gasteiger partial charge in [-0.3, -0.25) is 14.9 Å². The molecule has 1 atom stereocenters. The van der Waals surface area contributed by atoms with Crippen LogP contribution in [-0.4, -0.2) is 53.1 Å². The van der Waals surface area contributed by atoms with Gasteiger partial charge >= 0.3 is 0 Å². The van der Waals surface area contributed by atoms with Crippen molar-refractivity contribution in [2.75, 3.05) is 31.1 Å². The molecule has 1 heterocycles. The van der Waals surface area contributed by atoms with E-state index in [-0.39, 0.29) is 28.9 Å². The number of benzene rings is 1. The van der Waals surface area contributed by atoms with Crippen molar-refractivity contribution < 1.29 is 14.8 Å². The van der Waals surface area contributed by atoms with Gasteiger partial charge in [-0.15, -0.1) is 0 Å². The topological polar surface area (TPSA) is 86.9 Å². The number of anilines is 1. The van der Waals surface area contributed by atoms with Gasteiger partial charge in [0.15, 0.2) is 0 Å². The zero-order chi connectivity index (χ0) is 17.0. The van der Waals surface area contributed by atoms with Crippen LogP contribution in [0, 0.1) is 16.0 Å². The first-order chi connectivity index (χ1) is 10.9. The number of rotatable bonds is 5. The molecule has 0 aliphatic carbocycles. The Morgan fingerprint density at radius 2 is 1.87 bits per heavy atom. The molecule has 1 amide bonds. The molecule has 1 aromatic carbocycles. The van der Waals surface area contributed by atoms with E-state index in [2.05, 4.69) is 0 Å². The number of aliphatic hydroxyl groups excluding tert-OH is 1. The van der Waals surface area contributed by atoms with Gasteiger partial charge in [-0.1, -0.05) is 26.0 Å². The second-order valence-electron chi connectivity index (χ2n) is 6.13. The number of amides is 1. The smallest absolute Gasteiger partial charge is 0.292 e. The number of nitro groups is 1. The lowest BCUT2D eigenvalue weighted by atomic mass is 10.0. The van der Waals surface area contributed by atoms with Gasteiger partial charge in [0.2, 0.25) is 5.91 Å². The first-order valence-electron chi connectivity index (χ1n) is 7.84. The summed E-state index contributed by atoms with van der Waals surface area (Å²) in [4.78, 5) is 26.5. The van der Waals surface area contributed by atoms with Crippen molar-refractivity contribution in [2.24, 2.45) is 5.92 Å². The molecule has 126 valence electrons. The number of carbonyl (C=O) groups excluding carboxylic acids is 1. The molecule has 0 spiro atoms. The van der Waals surface area contributed by atoms with E-state index in [4.69, 9.17) is 0 Å². The monoisotopic (exact) mass is 321 g/mol. The van der Waals surface area contributed by atoms with Gasteiger partial charge in [0, 0.05) is 32.2 Å². The third-order valence-electron chi connectivity index (χ3n) is 4.20. The maximum Gasteiger partial charge on any atom is 0.292 e. The highest BCUT2D eigenvalue weighted by Gasteiger charge is 2.26. The van der Waals surface area contributed by atoms with E-state index in [1.54, 1.807) is 23.1 Å². The molecule has 1 fully saturated rings. The SMILES string of the molecule is CC(C)C(O)CC(=O)N1CCN(c2ccccc2[N+](=O)[O-])CC1. The third-order valence-corrected chi connectivity index (χ3v) is 4.20. The number of nitrogens with zero attached hydrogens (tertiary/aromatic N) is 3. The summed E-state index contributed by atoms with van der Waals surface area (Å²) in [6.45, 7) is 5.88. The normalized spacial score (nSPS) is 16.5. The van der Waals surface area contributed by atoms with Crippen LogP contribution in [0.1, 0.15) is 20.3 Å². The molecule has 7 heteroatoms. The van der Waals surface area contributed by atoms with Crippen molar-refractivity contribution in [1.82, 2.24) is 4.90 Å². The molecule has 0 saturated carbocycles. The quantitative estimate of drug-likeness (QED) is 0.658. The molecule has 1 aliphatic heterocycles. The molecule has 1 aromatic rings. The van der Waals surface area contributed by atoms with Crippen molar-refractivity contribution in [3.8, 4) is 0 Å². The first-order valence-corrected chi connectivity index (χ1v) is 7.84.